The molecule has 1 heterocycles. The highest BCUT2D eigenvalue weighted by molar-refractivity contribution is 7.90. The third kappa shape index (κ3) is 3.77. The predicted octanol–water partition coefficient (Wildman–Crippen LogP) is -1.18. The van der Waals surface area contributed by atoms with Gasteiger partial charge in [0.2, 0.25) is 0 Å². The molecule has 0 spiro atoms. The molecule has 2 rings (SSSR count). The zero-order chi connectivity index (χ0) is 15.5. The quantitative estimate of drug-likeness (QED) is 0.630. The van der Waals surface area contributed by atoms with E-state index in [0.717, 1.165) is 10.4 Å². The first-order valence-electron chi connectivity index (χ1n) is 5.91. The maximum atomic E-state index is 12.0. The SMILES string of the molecule is NCc1ccc(S(=O)(=O)NC(=O)Cn2ncc(N)n2)cc1. The van der Waals surface area contributed by atoms with Gasteiger partial charge in [-0.1, -0.05) is 12.1 Å². The second-order valence-electron chi connectivity index (χ2n) is 4.18. The van der Waals surface area contributed by atoms with E-state index < -0.39 is 15.9 Å². The monoisotopic (exact) mass is 310 g/mol. The average Bonchev–Trinajstić information content (AvgIpc) is 2.83. The van der Waals surface area contributed by atoms with E-state index in [4.69, 9.17) is 11.5 Å². The summed E-state index contributed by atoms with van der Waals surface area (Å²) in [4.78, 5) is 12.7. The molecule has 5 N–H and O–H groups in total. The zero-order valence-corrected chi connectivity index (χ0v) is 11.7. The molecule has 0 bridgehead atoms. The Bertz CT molecular complexity index is 738. The van der Waals surface area contributed by atoms with Gasteiger partial charge in [0.15, 0.2) is 5.82 Å². The van der Waals surface area contributed by atoms with Crippen molar-refractivity contribution >= 4 is 21.7 Å². The molecule has 9 nitrogen and oxygen atoms in total. The Kier molecular flexibility index (Phi) is 4.19. The van der Waals surface area contributed by atoms with Crippen LogP contribution >= 0.6 is 0 Å². The van der Waals surface area contributed by atoms with Crippen molar-refractivity contribution in [3.63, 3.8) is 0 Å². The van der Waals surface area contributed by atoms with Crippen LogP contribution in [-0.2, 0) is 27.9 Å². The number of anilines is 1. The predicted molar refractivity (Wildman–Crippen MR) is 74.1 cm³/mol. The van der Waals surface area contributed by atoms with Crippen LogP contribution in [-0.4, -0.2) is 29.3 Å². The van der Waals surface area contributed by atoms with E-state index in [-0.39, 0.29) is 17.3 Å². The van der Waals surface area contributed by atoms with Crippen LogP contribution in [0.5, 0.6) is 0 Å². The molecule has 21 heavy (non-hydrogen) atoms. The fourth-order valence-corrected chi connectivity index (χ4v) is 2.54. The molecular formula is C11H14N6O3S. The average molecular weight is 310 g/mol. The van der Waals surface area contributed by atoms with Crippen LogP contribution in [0, 0.1) is 0 Å². The van der Waals surface area contributed by atoms with Crippen molar-refractivity contribution < 1.29 is 13.2 Å². The molecule has 1 aromatic heterocycles. The molecule has 0 atom stereocenters. The van der Waals surface area contributed by atoms with Crippen LogP contribution in [0.1, 0.15) is 5.56 Å². The Balaban J connectivity index is 2.07. The number of amides is 1. The topological polar surface area (TPSA) is 146 Å². The van der Waals surface area contributed by atoms with Gasteiger partial charge < -0.3 is 11.5 Å². The third-order valence-electron chi connectivity index (χ3n) is 2.56. The summed E-state index contributed by atoms with van der Waals surface area (Å²) in [6, 6.07) is 5.91. The normalized spacial score (nSPS) is 11.3. The standard InChI is InChI=1S/C11H14N6O3S/c12-5-8-1-3-9(4-2-8)21(19,20)16-11(18)7-17-14-6-10(13)15-17/h1-4,6H,5,7,12H2,(H2,13,15)(H,16,18). The molecule has 1 aromatic carbocycles. The first kappa shape index (κ1) is 14.9. The van der Waals surface area contributed by atoms with Gasteiger partial charge in [0.05, 0.1) is 11.1 Å². The van der Waals surface area contributed by atoms with E-state index in [1.165, 1.54) is 18.3 Å². The van der Waals surface area contributed by atoms with Crippen LogP contribution in [0.15, 0.2) is 35.4 Å². The molecule has 10 heteroatoms. The van der Waals surface area contributed by atoms with E-state index in [1.807, 2.05) is 4.72 Å². The first-order valence-corrected chi connectivity index (χ1v) is 7.39. The number of hydrogen-bond donors (Lipinski definition) is 3. The van der Waals surface area contributed by atoms with Crippen molar-refractivity contribution in [3.8, 4) is 0 Å². The molecule has 0 aliphatic carbocycles. The zero-order valence-electron chi connectivity index (χ0n) is 10.9. The summed E-state index contributed by atoms with van der Waals surface area (Å²) >= 11 is 0. The minimum absolute atomic E-state index is 0.0269. The highest BCUT2D eigenvalue weighted by atomic mass is 32.2. The van der Waals surface area contributed by atoms with Gasteiger partial charge >= 0.3 is 0 Å². The Morgan fingerprint density at radius 2 is 1.95 bits per heavy atom. The number of nitrogens with two attached hydrogens (primary N) is 2. The second-order valence-corrected chi connectivity index (χ2v) is 5.86. The second kappa shape index (κ2) is 5.89. The first-order chi connectivity index (χ1) is 9.90. The summed E-state index contributed by atoms with van der Waals surface area (Å²) in [6.07, 6.45) is 1.26. The van der Waals surface area contributed by atoms with Crippen molar-refractivity contribution in [2.45, 2.75) is 18.0 Å². The van der Waals surface area contributed by atoms with Gasteiger partial charge in [-0.3, -0.25) is 4.79 Å². The van der Waals surface area contributed by atoms with E-state index in [1.54, 1.807) is 12.1 Å². The Hall–Kier alpha value is -2.46. The molecular weight excluding hydrogens is 296 g/mol. The lowest BCUT2D eigenvalue weighted by Gasteiger charge is -2.07. The van der Waals surface area contributed by atoms with Gasteiger partial charge in [0.1, 0.15) is 6.54 Å². The number of nitrogens with one attached hydrogen (secondary N) is 1. The van der Waals surface area contributed by atoms with Gasteiger partial charge in [0.25, 0.3) is 15.9 Å². The largest absolute Gasteiger partial charge is 0.381 e. The molecule has 0 aliphatic heterocycles. The molecule has 0 aliphatic rings. The summed E-state index contributed by atoms with van der Waals surface area (Å²) in [7, 11) is -3.94. The number of nitrogens with zero attached hydrogens (tertiary/aromatic N) is 3. The van der Waals surface area contributed by atoms with Crippen molar-refractivity contribution in [1.29, 1.82) is 0 Å². The fourth-order valence-electron chi connectivity index (χ4n) is 1.56. The number of benzene rings is 1. The number of rotatable bonds is 5. The van der Waals surface area contributed by atoms with Crippen LogP contribution in [0.3, 0.4) is 0 Å². The fraction of sp³-hybridized carbons (Fsp3) is 0.182. The summed E-state index contributed by atoms with van der Waals surface area (Å²) in [5.41, 5.74) is 11.6. The van der Waals surface area contributed by atoms with E-state index in [0.29, 0.717) is 6.54 Å². The van der Waals surface area contributed by atoms with Crippen LogP contribution in [0.25, 0.3) is 0 Å². The van der Waals surface area contributed by atoms with Crippen molar-refractivity contribution in [2.75, 3.05) is 5.73 Å². The maximum absolute atomic E-state index is 12.0. The Morgan fingerprint density at radius 3 is 2.48 bits per heavy atom. The lowest BCUT2D eigenvalue weighted by Crippen LogP contribution is -2.33. The summed E-state index contributed by atoms with van der Waals surface area (Å²) < 4.78 is 25.9. The van der Waals surface area contributed by atoms with E-state index >= 15 is 0 Å². The van der Waals surface area contributed by atoms with Crippen molar-refractivity contribution in [2.24, 2.45) is 5.73 Å². The number of carbonyl (C=O) groups excluding carboxylic acids is 1. The van der Waals surface area contributed by atoms with E-state index in [9.17, 15) is 13.2 Å². The number of nitrogen functional groups attached to an aromatic ring is 1. The molecule has 2 aromatic rings. The van der Waals surface area contributed by atoms with Crippen LogP contribution < -0.4 is 16.2 Å². The highest BCUT2D eigenvalue weighted by Gasteiger charge is 2.18. The van der Waals surface area contributed by atoms with Crippen LogP contribution in [0.2, 0.25) is 0 Å². The lowest BCUT2D eigenvalue weighted by atomic mass is 10.2. The minimum atomic E-state index is -3.94. The van der Waals surface area contributed by atoms with Gasteiger partial charge in [-0.15, -0.1) is 5.10 Å². The number of hydrogen-bond acceptors (Lipinski definition) is 7. The summed E-state index contributed by atoms with van der Waals surface area (Å²) in [6.45, 7) is -0.0452. The maximum Gasteiger partial charge on any atom is 0.264 e. The minimum Gasteiger partial charge on any atom is -0.381 e. The summed E-state index contributed by atoms with van der Waals surface area (Å²) in [5, 5.41) is 7.38. The van der Waals surface area contributed by atoms with E-state index in [2.05, 4.69) is 10.2 Å². The number of carbonyl (C=O) groups is 1. The van der Waals surface area contributed by atoms with Crippen molar-refractivity contribution in [3.05, 3.63) is 36.0 Å². The Labute approximate surface area is 121 Å². The smallest absolute Gasteiger partial charge is 0.264 e. The molecule has 0 saturated carbocycles. The van der Waals surface area contributed by atoms with Gasteiger partial charge in [-0.05, 0) is 17.7 Å². The number of aromatic nitrogens is 3. The summed E-state index contributed by atoms with van der Waals surface area (Å²) in [5.74, 6) is -0.628. The molecule has 0 radical (unpaired) electrons. The van der Waals surface area contributed by atoms with Gasteiger partial charge in [0, 0.05) is 6.54 Å². The third-order valence-corrected chi connectivity index (χ3v) is 3.95. The molecule has 112 valence electrons. The van der Waals surface area contributed by atoms with Gasteiger partial charge in [-0.25, -0.2) is 13.1 Å². The van der Waals surface area contributed by atoms with Crippen LogP contribution in [0.4, 0.5) is 5.82 Å². The molecule has 1 amide bonds. The lowest BCUT2D eigenvalue weighted by molar-refractivity contribution is -0.120. The molecule has 0 fully saturated rings. The highest BCUT2D eigenvalue weighted by Crippen LogP contribution is 2.10. The van der Waals surface area contributed by atoms with Gasteiger partial charge in [-0.2, -0.15) is 9.90 Å². The molecule has 0 saturated heterocycles. The Morgan fingerprint density at radius 1 is 1.29 bits per heavy atom. The van der Waals surface area contributed by atoms with Crippen molar-refractivity contribution in [1.82, 2.24) is 19.7 Å². The number of sulfonamides is 1. The molecule has 0 unspecified atom stereocenters.